The highest BCUT2D eigenvalue weighted by atomic mass is 35.5. The molecule has 1 heterocycles. The van der Waals surface area contributed by atoms with Crippen LogP contribution in [0.25, 0.3) is 0 Å². The van der Waals surface area contributed by atoms with Gasteiger partial charge in [0.1, 0.15) is 12.4 Å². The van der Waals surface area contributed by atoms with Crippen molar-refractivity contribution >= 4 is 29.3 Å². The van der Waals surface area contributed by atoms with Crippen molar-refractivity contribution in [2.24, 2.45) is 0 Å². The van der Waals surface area contributed by atoms with E-state index in [1.165, 1.54) is 30.1 Å². The Morgan fingerprint density at radius 3 is 2.24 bits per heavy atom. The predicted molar refractivity (Wildman–Crippen MR) is 89.7 cm³/mol. The number of hydrogen-bond acceptors (Lipinski definition) is 3. The third-order valence-corrected chi connectivity index (χ3v) is 4.41. The molecule has 0 unspecified atom stereocenters. The van der Waals surface area contributed by atoms with Gasteiger partial charge in [0.05, 0.1) is 11.1 Å². The van der Waals surface area contributed by atoms with Gasteiger partial charge in [-0.25, -0.2) is 4.39 Å². The van der Waals surface area contributed by atoms with Gasteiger partial charge < -0.3 is 4.90 Å². The molecular formula is C18H14ClFN2O3. The Morgan fingerprint density at radius 1 is 1.08 bits per heavy atom. The molecule has 3 amide bonds. The second kappa shape index (κ2) is 6.64. The first-order valence-electron chi connectivity index (χ1n) is 7.52. The summed E-state index contributed by atoms with van der Waals surface area (Å²) in [7, 11) is 1.46. The minimum atomic E-state index is -0.520. The zero-order valence-corrected chi connectivity index (χ0v) is 14.1. The average molecular weight is 361 g/mol. The number of benzene rings is 2. The van der Waals surface area contributed by atoms with E-state index >= 15 is 0 Å². The molecule has 0 fully saturated rings. The average Bonchev–Trinajstić information content (AvgIpc) is 2.83. The first-order valence-corrected chi connectivity index (χ1v) is 7.90. The quantitative estimate of drug-likeness (QED) is 0.788. The number of likely N-dealkylation sites (N-methyl/N-ethyl adjacent to an activating group) is 1. The molecule has 0 atom stereocenters. The van der Waals surface area contributed by atoms with Gasteiger partial charge >= 0.3 is 0 Å². The molecule has 2 aromatic rings. The van der Waals surface area contributed by atoms with Crippen molar-refractivity contribution in [1.29, 1.82) is 0 Å². The second-order valence-corrected chi connectivity index (χ2v) is 6.10. The fourth-order valence-electron chi connectivity index (χ4n) is 2.65. The Balaban J connectivity index is 1.73. The lowest BCUT2D eigenvalue weighted by Crippen LogP contribution is -2.41. The molecule has 25 heavy (non-hydrogen) atoms. The molecule has 5 nitrogen and oxygen atoms in total. The van der Waals surface area contributed by atoms with Crippen molar-refractivity contribution in [3.63, 3.8) is 0 Å². The number of hydrogen-bond donors (Lipinski definition) is 0. The summed E-state index contributed by atoms with van der Waals surface area (Å²) in [5.74, 6) is -2.03. The summed E-state index contributed by atoms with van der Waals surface area (Å²) in [6.45, 7) is -0.470. The maximum absolute atomic E-state index is 13.8. The number of amides is 3. The lowest BCUT2D eigenvalue weighted by Gasteiger charge is -2.21. The topological polar surface area (TPSA) is 57.7 Å². The van der Waals surface area contributed by atoms with Crippen molar-refractivity contribution in [1.82, 2.24) is 9.80 Å². The summed E-state index contributed by atoms with van der Waals surface area (Å²) in [5.41, 5.74) is 0.739. The summed E-state index contributed by atoms with van der Waals surface area (Å²) in [6, 6.07) is 10.7. The number of fused-ring (bicyclic) bond motifs is 1. The lowest BCUT2D eigenvalue weighted by molar-refractivity contribution is -0.130. The Kier molecular flexibility index (Phi) is 4.55. The van der Waals surface area contributed by atoms with Crippen LogP contribution in [0.15, 0.2) is 42.5 Å². The van der Waals surface area contributed by atoms with E-state index in [0.717, 1.165) is 4.90 Å². The molecule has 0 N–H and O–H groups in total. The van der Waals surface area contributed by atoms with E-state index in [4.69, 9.17) is 11.6 Å². The van der Waals surface area contributed by atoms with Gasteiger partial charge in [-0.1, -0.05) is 29.8 Å². The first kappa shape index (κ1) is 17.1. The van der Waals surface area contributed by atoms with Crippen molar-refractivity contribution < 1.29 is 18.8 Å². The zero-order valence-electron chi connectivity index (χ0n) is 13.3. The van der Waals surface area contributed by atoms with Crippen molar-refractivity contribution in [3.8, 4) is 0 Å². The van der Waals surface area contributed by atoms with Gasteiger partial charge in [0.15, 0.2) is 0 Å². The maximum atomic E-state index is 13.8. The van der Waals surface area contributed by atoms with E-state index in [2.05, 4.69) is 0 Å². The van der Waals surface area contributed by atoms with E-state index in [1.54, 1.807) is 24.3 Å². The molecule has 0 aromatic heterocycles. The third-order valence-electron chi connectivity index (χ3n) is 4.05. The molecular weight excluding hydrogens is 347 g/mol. The normalized spacial score (nSPS) is 13.2. The van der Waals surface area contributed by atoms with Crippen LogP contribution < -0.4 is 0 Å². The van der Waals surface area contributed by atoms with E-state index in [1.807, 2.05) is 0 Å². The van der Waals surface area contributed by atoms with Crippen LogP contribution in [0.4, 0.5) is 4.39 Å². The second-order valence-electron chi connectivity index (χ2n) is 5.69. The van der Waals surface area contributed by atoms with Crippen LogP contribution in [0.5, 0.6) is 0 Å². The van der Waals surface area contributed by atoms with Gasteiger partial charge in [-0.05, 0) is 24.3 Å². The summed E-state index contributed by atoms with van der Waals surface area (Å²) >= 11 is 5.96. The van der Waals surface area contributed by atoms with Gasteiger partial charge in [0.25, 0.3) is 11.8 Å². The molecule has 1 aliphatic heterocycles. The van der Waals surface area contributed by atoms with Crippen LogP contribution in [-0.4, -0.2) is 41.1 Å². The van der Waals surface area contributed by atoms with Crippen LogP contribution in [0.3, 0.4) is 0 Å². The molecule has 7 heteroatoms. The first-order chi connectivity index (χ1) is 11.9. The van der Waals surface area contributed by atoms with Gasteiger partial charge in [-0.2, -0.15) is 0 Å². The molecule has 2 aromatic carbocycles. The minimum Gasteiger partial charge on any atom is -0.340 e. The van der Waals surface area contributed by atoms with Crippen LogP contribution >= 0.6 is 11.6 Å². The van der Waals surface area contributed by atoms with Crippen LogP contribution in [-0.2, 0) is 11.3 Å². The minimum absolute atomic E-state index is 0.0620. The third kappa shape index (κ3) is 3.13. The summed E-state index contributed by atoms with van der Waals surface area (Å²) in [6.07, 6.45) is 0. The van der Waals surface area contributed by atoms with Crippen molar-refractivity contribution in [2.45, 2.75) is 6.54 Å². The number of halogens is 2. The molecule has 0 saturated heterocycles. The lowest BCUT2D eigenvalue weighted by atomic mass is 10.1. The van der Waals surface area contributed by atoms with Crippen molar-refractivity contribution in [3.05, 3.63) is 70.0 Å². The maximum Gasteiger partial charge on any atom is 0.262 e. The largest absolute Gasteiger partial charge is 0.340 e. The highest BCUT2D eigenvalue weighted by Crippen LogP contribution is 2.23. The van der Waals surface area contributed by atoms with E-state index in [0.29, 0.717) is 0 Å². The molecule has 0 radical (unpaired) electrons. The van der Waals surface area contributed by atoms with Gasteiger partial charge in [-0.15, -0.1) is 0 Å². The van der Waals surface area contributed by atoms with Crippen LogP contribution in [0, 0.1) is 5.82 Å². The standard InChI is InChI=1S/C18H14ClFN2O3/c1-21(9-13-14(19)7-4-8-15(13)20)16(23)10-22-17(24)11-5-2-3-6-12(11)18(22)25/h2-8H,9-10H2,1H3. The number of imide groups is 1. The number of nitrogens with zero attached hydrogens (tertiary/aromatic N) is 2. The molecule has 0 bridgehead atoms. The fourth-order valence-corrected chi connectivity index (χ4v) is 2.87. The summed E-state index contributed by atoms with van der Waals surface area (Å²) < 4.78 is 13.8. The van der Waals surface area contributed by atoms with Crippen LogP contribution in [0.1, 0.15) is 26.3 Å². The zero-order chi connectivity index (χ0) is 18.1. The Hall–Kier alpha value is -2.73. The predicted octanol–water partition coefficient (Wildman–Crippen LogP) is 2.73. The highest BCUT2D eigenvalue weighted by Gasteiger charge is 2.36. The Labute approximate surface area is 148 Å². The van der Waals surface area contributed by atoms with E-state index < -0.39 is 30.1 Å². The Morgan fingerprint density at radius 2 is 1.68 bits per heavy atom. The number of carbonyl (C=O) groups is 3. The SMILES string of the molecule is CN(Cc1c(F)cccc1Cl)C(=O)CN1C(=O)c2ccccc2C1=O. The molecule has 0 saturated carbocycles. The van der Waals surface area contributed by atoms with Crippen LogP contribution in [0.2, 0.25) is 5.02 Å². The summed E-state index contributed by atoms with van der Waals surface area (Å²) in [5, 5.41) is 0.209. The molecule has 128 valence electrons. The number of rotatable bonds is 4. The van der Waals surface area contributed by atoms with Gasteiger partial charge in [0.2, 0.25) is 5.91 Å². The van der Waals surface area contributed by atoms with E-state index in [9.17, 15) is 18.8 Å². The molecule has 1 aliphatic rings. The molecule has 0 aliphatic carbocycles. The monoisotopic (exact) mass is 360 g/mol. The molecule has 3 rings (SSSR count). The number of carbonyl (C=O) groups excluding carboxylic acids is 3. The van der Waals surface area contributed by atoms with E-state index in [-0.39, 0.29) is 28.3 Å². The molecule has 0 spiro atoms. The van der Waals surface area contributed by atoms with Gasteiger partial charge in [-0.3, -0.25) is 19.3 Å². The van der Waals surface area contributed by atoms with Gasteiger partial charge in [0, 0.05) is 24.2 Å². The highest BCUT2D eigenvalue weighted by molar-refractivity contribution is 6.31. The van der Waals surface area contributed by atoms with Crippen molar-refractivity contribution in [2.75, 3.05) is 13.6 Å². The summed E-state index contributed by atoms with van der Waals surface area (Å²) in [4.78, 5) is 39.1. The fraction of sp³-hybridized carbons (Fsp3) is 0.167. The smallest absolute Gasteiger partial charge is 0.262 e. The Bertz CT molecular complexity index is 829.